The van der Waals surface area contributed by atoms with E-state index in [1.807, 2.05) is 24.3 Å². The normalized spacial score (nSPS) is 15.1. The fourth-order valence-corrected chi connectivity index (χ4v) is 2.58. The average Bonchev–Trinajstić information content (AvgIpc) is 2.98. The molecule has 116 valence electrons. The molecule has 2 amide bonds. The number of carbonyl (C=O) groups is 2. The Bertz CT molecular complexity index is 689. The predicted molar refractivity (Wildman–Crippen MR) is 80.6 cm³/mol. The first-order chi connectivity index (χ1) is 10.7. The lowest BCUT2D eigenvalue weighted by atomic mass is 10.2. The molecule has 2 aromatic rings. The van der Waals surface area contributed by atoms with Crippen LogP contribution in [0.3, 0.4) is 0 Å². The summed E-state index contributed by atoms with van der Waals surface area (Å²) in [6.07, 6.45) is -0.320. The van der Waals surface area contributed by atoms with Crippen LogP contribution in [0.2, 0.25) is 0 Å². The number of hydrogen-bond acceptors (Lipinski definition) is 4. The van der Waals surface area contributed by atoms with Gasteiger partial charge < -0.3 is 14.5 Å². The standard InChI is InChI=1S/C15H18N4O3/c1-2-22-15(21)19-9-7-18(8-10-19)14(20)13-11-5-3-4-6-12(11)16-17-13/h3-6H,2,7-10H2,1H3,(H,16,17). The highest BCUT2D eigenvalue weighted by Gasteiger charge is 2.27. The van der Waals surface area contributed by atoms with Crippen molar-refractivity contribution in [3.05, 3.63) is 30.0 Å². The summed E-state index contributed by atoms with van der Waals surface area (Å²) in [4.78, 5) is 27.6. The number of H-pyrrole nitrogens is 1. The largest absolute Gasteiger partial charge is 0.450 e. The van der Waals surface area contributed by atoms with Crippen LogP contribution in [-0.4, -0.2) is 64.8 Å². The lowest BCUT2D eigenvalue weighted by Gasteiger charge is -2.33. The van der Waals surface area contributed by atoms with Crippen LogP contribution in [0.15, 0.2) is 24.3 Å². The van der Waals surface area contributed by atoms with E-state index in [2.05, 4.69) is 10.2 Å². The van der Waals surface area contributed by atoms with Gasteiger partial charge in [0.15, 0.2) is 5.69 Å². The van der Waals surface area contributed by atoms with Gasteiger partial charge in [-0.05, 0) is 13.0 Å². The van der Waals surface area contributed by atoms with Gasteiger partial charge in [-0.25, -0.2) is 4.79 Å². The van der Waals surface area contributed by atoms with Gasteiger partial charge in [0.2, 0.25) is 0 Å². The first kappa shape index (κ1) is 14.4. The fourth-order valence-electron chi connectivity index (χ4n) is 2.58. The highest BCUT2D eigenvalue weighted by molar-refractivity contribution is 6.04. The van der Waals surface area contributed by atoms with E-state index in [9.17, 15) is 9.59 Å². The van der Waals surface area contributed by atoms with Gasteiger partial charge in [-0.1, -0.05) is 18.2 Å². The predicted octanol–water partition coefficient (Wildman–Crippen LogP) is 1.48. The van der Waals surface area contributed by atoms with Crippen molar-refractivity contribution in [2.24, 2.45) is 0 Å². The highest BCUT2D eigenvalue weighted by Crippen LogP contribution is 2.17. The number of carbonyl (C=O) groups excluding carboxylic acids is 2. The Morgan fingerprint density at radius 3 is 2.59 bits per heavy atom. The molecule has 0 bridgehead atoms. The molecule has 1 saturated heterocycles. The van der Waals surface area contributed by atoms with Crippen LogP contribution in [0.4, 0.5) is 4.79 Å². The number of ether oxygens (including phenoxy) is 1. The van der Waals surface area contributed by atoms with Gasteiger partial charge >= 0.3 is 6.09 Å². The first-order valence-electron chi connectivity index (χ1n) is 7.34. The minimum atomic E-state index is -0.320. The van der Waals surface area contributed by atoms with Crippen LogP contribution < -0.4 is 0 Å². The smallest absolute Gasteiger partial charge is 0.409 e. The Labute approximate surface area is 127 Å². The van der Waals surface area contributed by atoms with Gasteiger partial charge in [0, 0.05) is 31.6 Å². The second-order valence-corrected chi connectivity index (χ2v) is 5.10. The molecule has 7 nitrogen and oxygen atoms in total. The number of nitrogens with one attached hydrogen (secondary N) is 1. The van der Waals surface area contributed by atoms with Gasteiger partial charge in [0.1, 0.15) is 0 Å². The van der Waals surface area contributed by atoms with E-state index in [0.29, 0.717) is 38.5 Å². The minimum Gasteiger partial charge on any atom is -0.450 e. The van der Waals surface area contributed by atoms with Gasteiger partial charge in [0.05, 0.1) is 12.1 Å². The molecule has 0 aliphatic carbocycles. The molecule has 0 spiro atoms. The second-order valence-electron chi connectivity index (χ2n) is 5.10. The molecule has 1 aliphatic heterocycles. The van der Waals surface area contributed by atoms with Crippen molar-refractivity contribution in [2.75, 3.05) is 32.8 Å². The minimum absolute atomic E-state index is 0.110. The number of aromatic amines is 1. The number of aromatic nitrogens is 2. The molecule has 0 unspecified atom stereocenters. The molecular weight excluding hydrogens is 284 g/mol. The van der Waals surface area contributed by atoms with Crippen molar-refractivity contribution in [1.29, 1.82) is 0 Å². The Morgan fingerprint density at radius 2 is 1.86 bits per heavy atom. The van der Waals surface area contributed by atoms with Crippen LogP contribution in [0, 0.1) is 0 Å². The Balaban J connectivity index is 1.69. The molecule has 0 atom stereocenters. The molecule has 7 heteroatoms. The molecule has 1 aromatic heterocycles. The Hall–Kier alpha value is -2.57. The van der Waals surface area contributed by atoms with E-state index in [-0.39, 0.29) is 12.0 Å². The summed E-state index contributed by atoms with van der Waals surface area (Å²) < 4.78 is 4.97. The molecule has 0 radical (unpaired) electrons. The zero-order chi connectivity index (χ0) is 15.5. The number of fused-ring (bicyclic) bond motifs is 1. The molecule has 1 aliphatic rings. The molecule has 22 heavy (non-hydrogen) atoms. The lowest BCUT2D eigenvalue weighted by molar-refractivity contribution is 0.0567. The van der Waals surface area contributed by atoms with E-state index >= 15 is 0 Å². The van der Waals surface area contributed by atoms with Crippen molar-refractivity contribution in [3.8, 4) is 0 Å². The maximum absolute atomic E-state index is 12.6. The zero-order valence-electron chi connectivity index (χ0n) is 12.4. The molecule has 1 fully saturated rings. The number of piperazine rings is 1. The second kappa shape index (κ2) is 6.05. The van der Waals surface area contributed by atoms with Crippen molar-refractivity contribution < 1.29 is 14.3 Å². The third-order valence-corrected chi connectivity index (χ3v) is 3.77. The van der Waals surface area contributed by atoms with Crippen molar-refractivity contribution in [2.45, 2.75) is 6.92 Å². The number of hydrogen-bond donors (Lipinski definition) is 1. The van der Waals surface area contributed by atoms with Crippen LogP contribution in [0.1, 0.15) is 17.4 Å². The zero-order valence-corrected chi connectivity index (χ0v) is 12.4. The summed E-state index contributed by atoms with van der Waals surface area (Å²) in [5.41, 5.74) is 1.27. The van der Waals surface area contributed by atoms with E-state index in [4.69, 9.17) is 4.74 Å². The molecule has 3 rings (SSSR count). The molecule has 1 N–H and O–H groups in total. The Kier molecular flexibility index (Phi) is 3.95. The van der Waals surface area contributed by atoms with Crippen molar-refractivity contribution >= 4 is 22.9 Å². The third-order valence-electron chi connectivity index (χ3n) is 3.77. The average molecular weight is 302 g/mol. The van der Waals surface area contributed by atoms with Crippen LogP contribution in [0.5, 0.6) is 0 Å². The SMILES string of the molecule is CCOC(=O)N1CCN(C(=O)c2n[nH]c3ccccc23)CC1. The topological polar surface area (TPSA) is 78.5 Å². The number of nitrogens with zero attached hydrogens (tertiary/aromatic N) is 3. The molecule has 1 aromatic carbocycles. The lowest BCUT2D eigenvalue weighted by Crippen LogP contribution is -2.50. The highest BCUT2D eigenvalue weighted by atomic mass is 16.6. The quantitative estimate of drug-likeness (QED) is 0.911. The third kappa shape index (κ3) is 2.61. The van der Waals surface area contributed by atoms with Gasteiger partial charge in [0.25, 0.3) is 5.91 Å². The van der Waals surface area contributed by atoms with Crippen molar-refractivity contribution in [3.63, 3.8) is 0 Å². The summed E-state index contributed by atoms with van der Waals surface area (Å²) >= 11 is 0. The fraction of sp³-hybridized carbons (Fsp3) is 0.400. The summed E-state index contributed by atoms with van der Waals surface area (Å²) in [5, 5.41) is 7.82. The Morgan fingerprint density at radius 1 is 1.18 bits per heavy atom. The van der Waals surface area contributed by atoms with Crippen molar-refractivity contribution in [1.82, 2.24) is 20.0 Å². The summed E-state index contributed by atoms with van der Waals surface area (Å²) in [7, 11) is 0. The summed E-state index contributed by atoms with van der Waals surface area (Å²) in [6.45, 7) is 4.06. The maximum atomic E-state index is 12.6. The summed E-state index contributed by atoms with van der Waals surface area (Å²) in [6, 6.07) is 7.54. The molecule has 0 saturated carbocycles. The van der Waals surface area contributed by atoms with Gasteiger partial charge in [-0.2, -0.15) is 5.10 Å². The van der Waals surface area contributed by atoms with Gasteiger partial charge in [-0.3, -0.25) is 9.89 Å². The monoisotopic (exact) mass is 302 g/mol. The van der Waals surface area contributed by atoms with Crippen LogP contribution in [-0.2, 0) is 4.74 Å². The number of amides is 2. The van der Waals surface area contributed by atoms with E-state index in [1.165, 1.54) is 0 Å². The van der Waals surface area contributed by atoms with E-state index < -0.39 is 0 Å². The van der Waals surface area contributed by atoms with E-state index in [0.717, 1.165) is 10.9 Å². The van der Waals surface area contributed by atoms with Gasteiger partial charge in [-0.15, -0.1) is 0 Å². The van der Waals surface area contributed by atoms with Crippen LogP contribution in [0.25, 0.3) is 10.9 Å². The van der Waals surface area contributed by atoms with Crippen LogP contribution >= 0.6 is 0 Å². The molecular formula is C15H18N4O3. The first-order valence-corrected chi connectivity index (χ1v) is 7.34. The molecule has 2 heterocycles. The number of para-hydroxylation sites is 1. The number of rotatable bonds is 2. The summed E-state index contributed by atoms with van der Waals surface area (Å²) in [5.74, 6) is -0.110. The van der Waals surface area contributed by atoms with E-state index in [1.54, 1.807) is 16.7 Å². The maximum Gasteiger partial charge on any atom is 0.409 e. The number of benzene rings is 1.